The number of carbonyl (C=O) groups excluding carboxylic acids is 2. The van der Waals surface area contributed by atoms with Gasteiger partial charge in [-0.25, -0.2) is 0 Å². The highest BCUT2D eigenvalue weighted by atomic mass is 16.2. The van der Waals surface area contributed by atoms with Crippen LogP contribution in [-0.2, 0) is 16.0 Å². The molecule has 0 aliphatic heterocycles. The minimum atomic E-state index is -0.235. The maximum atomic E-state index is 11.1. The molecule has 0 unspecified atom stereocenters. The standard InChI is InChI=1S/C14H16N2O2/c1-3-13(17)15-10-9-11-5-7-12(8-6-11)16-14(18)4-2/h3-8H,1-2,9-10H2,(H,15,17)(H,16,18). The second-order valence-electron chi connectivity index (χ2n) is 3.64. The number of hydrogen-bond donors (Lipinski definition) is 2. The van der Waals surface area contributed by atoms with Crippen LogP contribution in [0.15, 0.2) is 49.6 Å². The van der Waals surface area contributed by atoms with Gasteiger partial charge in [-0.05, 0) is 36.3 Å². The van der Waals surface area contributed by atoms with Crippen molar-refractivity contribution in [3.8, 4) is 0 Å². The molecule has 0 radical (unpaired) electrons. The average Bonchev–Trinajstić information content (AvgIpc) is 2.40. The highest BCUT2D eigenvalue weighted by Gasteiger charge is 1.98. The highest BCUT2D eigenvalue weighted by Crippen LogP contribution is 2.09. The lowest BCUT2D eigenvalue weighted by Crippen LogP contribution is -2.23. The molecule has 94 valence electrons. The minimum absolute atomic E-state index is 0.176. The minimum Gasteiger partial charge on any atom is -0.352 e. The molecule has 0 heterocycles. The number of hydrogen-bond acceptors (Lipinski definition) is 2. The maximum Gasteiger partial charge on any atom is 0.247 e. The van der Waals surface area contributed by atoms with Crippen molar-refractivity contribution in [3.05, 3.63) is 55.1 Å². The molecule has 0 spiro atoms. The van der Waals surface area contributed by atoms with Crippen LogP contribution in [0.2, 0.25) is 0 Å². The van der Waals surface area contributed by atoms with Gasteiger partial charge in [-0.3, -0.25) is 9.59 Å². The van der Waals surface area contributed by atoms with E-state index in [2.05, 4.69) is 23.8 Å². The summed E-state index contributed by atoms with van der Waals surface area (Å²) in [5.41, 5.74) is 1.80. The van der Waals surface area contributed by atoms with E-state index in [4.69, 9.17) is 0 Å². The summed E-state index contributed by atoms with van der Waals surface area (Å²) >= 11 is 0. The van der Waals surface area contributed by atoms with E-state index in [9.17, 15) is 9.59 Å². The molecule has 2 amide bonds. The summed E-state index contributed by atoms with van der Waals surface area (Å²) in [4.78, 5) is 22.0. The third-order valence-corrected chi connectivity index (χ3v) is 2.31. The molecule has 4 heteroatoms. The first-order valence-electron chi connectivity index (χ1n) is 5.58. The summed E-state index contributed by atoms with van der Waals surface area (Å²) in [7, 11) is 0. The zero-order valence-electron chi connectivity index (χ0n) is 10.1. The van der Waals surface area contributed by atoms with Gasteiger partial charge in [-0.1, -0.05) is 25.3 Å². The molecule has 2 N–H and O–H groups in total. The van der Waals surface area contributed by atoms with E-state index in [0.717, 1.165) is 17.7 Å². The van der Waals surface area contributed by atoms with Gasteiger partial charge < -0.3 is 10.6 Å². The summed E-state index contributed by atoms with van der Waals surface area (Å²) in [6, 6.07) is 7.43. The average molecular weight is 244 g/mol. The first kappa shape index (κ1) is 13.7. The predicted octanol–water partition coefficient (Wildman–Crippen LogP) is 1.66. The molecule has 4 nitrogen and oxygen atoms in total. The Morgan fingerprint density at radius 3 is 2.22 bits per heavy atom. The summed E-state index contributed by atoms with van der Waals surface area (Å²) < 4.78 is 0. The van der Waals surface area contributed by atoms with E-state index in [-0.39, 0.29) is 11.8 Å². The summed E-state index contributed by atoms with van der Waals surface area (Å²) in [6.07, 6.45) is 3.20. The lowest BCUT2D eigenvalue weighted by Gasteiger charge is -2.05. The fourth-order valence-electron chi connectivity index (χ4n) is 1.35. The van der Waals surface area contributed by atoms with Gasteiger partial charge in [0.25, 0.3) is 0 Å². The smallest absolute Gasteiger partial charge is 0.247 e. The van der Waals surface area contributed by atoms with Crippen molar-refractivity contribution in [2.75, 3.05) is 11.9 Å². The third kappa shape index (κ3) is 4.65. The van der Waals surface area contributed by atoms with Gasteiger partial charge in [0.1, 0.15) is 0 Å². The molecule has 1 aromatic carbocycles. The topological polar surface area (TPSA) is 58.2 Å². The Balaban J connectivity index is 2.45. The van der Waals surface area contributed by atoms with Crippen molar-refractivity contribution in [1.29, 1.82) is 0 Å². The van der Waals surface area contributed by atoms with Gasteiger partial charge in [0.15, 0.2) is 0 Å². The van der Waals surface area contributed by atoms with Gasteiger partial charge in [0.05, 0.1) is 0 Å². The Morgan fingerprint density at radius 1 is 1.06 bits per heavy atom. The van der Waals surface area contributed by atoms with Crippen molar-refractivity contribution in [2.24, 2.45) is 0 Å². The monoisotopic (exact) mass is 244 g/mol. The second-order valence-corrected chi connectivity index (χ2v) is 3.64. The van der Waals surface area contributed by atoms with E-state index in [0.29, 0.717) is 6.54 Å². The Bertz CT molecular complexity index is 449. The van der Waals surface area contributed by atoms with E-state index in [1.807, 2.05) is 24.3 Å². The molecule has 0 aliphatic rings. The fraction of sp³-hybridized carbons (Fsp3) is 0.143. The molecule has 0 fully saturated rings. The van der Waals surface area contributed by atoms with Crippen LogP contribution in [0.1, 0.15) is 5.56 Å². The van der Waals surface area contributed by atoms with Crippen molar-refractivity contribution in [2.45, 2.75) is 6.42 Å². The quantitative estimate of drug-likeness (QED) is 0.748. The van der Waals surface area contributed by atoms with E-state index >= 15 is 0 Å². The van der Waals surface area contributed by atoms with E-state index in [1.54, 1.807) is 0 Å². The van der Waals surface area contributed by atoms with Crippen LogP contribution in [-0.4, -0.2) is 18.4 Å². The number of amides is 2. The number of rotatable bonds is 6. The molecule has 18 heavy (non-hydrogen) atoms. The first-order valence-corrected chi connectivity index (χ1v) is 5.58. The first-order chi connectivity index (χ1) is 8.65. The van der Waals surface area contributed by atoms with E-state index < -0.39 is 0 Å². The normalized spacial score (nSPS) is 9.33. The van der Waals surface area contributed by atoms with Crippen LogP contribution >= 0.6 is 0 Å². The summed E-state index contributed by atoms with van der Waals surface area (Å²) in [5, 5.41) is 5.36. The molecule has 0 saturated carbocycles. The van der Waals surface area contributed by atoms with Crippen LogP contribution in [0.25, 0.3) is 0 Å². The predicted molar refractivity (Wildman–Crippen MR) is 72.2 cm³/mol. The van der Waals surface area contributed by atoms with Crippen molar-refractivity contribution in [1.82, 2.24) is 5.32 Å². The van der Waals surface area contributed by atoms with Crippen molar-refractivity contribution >= 4 is 17.5 Å². The maximum absolute atomic E-state index is 11.1. The molecule has 1 rings (SSSR count). The Labute approximate surface area is 106 Å². The van der Waals surface area contributed by atoms with Crippen LogP contribution in [0, 0.1) is 0 Å². The van der Waals surface area contributed by atoms with Crippen LogP contribution < -0.4 is 10.6 Å². The molecule has 0 saturated heterocycles. The number of anilines is 1. The number of carbonyl (C=O) groups is 2. The lowest BCUT2D eigenvalue weighted by atomic mass is 10.1. The number of nitrogens with one attached hydrogen (secondary N) is 2. The lowest BCUT2D eigenvalue weighted by molar-refractivity contribution is -0.116. The Hall–Kier alpha value is -2.36. The van der Waals surface area contributed by atoms with Crippen molar-refractivity contribution < 1.29 is 9.59 Å². The molecule has 0 bridgehead atoms. The zero-order chi connectivity index (χ0) is 13.4. The van der Waals surface area contributed by atoms with Gasteiger partial charge >= 0.3 is 0 Å². The van der Waals surface area contributed by atoms with Crippen molar-refractivity contribution in [3.63, 3.8) is 0 Å². The molecular weight excluding hydrogens is 228 g/mol. The SMILES string of the molecule is C=CC(=O)NCCc1ccc(NC(=O)C=C)cc1. The van der Waals surface area contributed by atoms with Gasteiger partial charge in [-0.15, -0.1) is 0 Å². The molecule has 0 atom stereocenters. The summed E-state index contributed by atoms with van der Waals surface area (Å²) in [6.45, 7) is 7.31. The van der Waals surface area contributed by atoms with Gasteiger partial charge in [-0.2, -0.15) is 0 Å². The Kier molecular flexibility index (Phi) is 5.38. The molecule has 0 aliphatic carbocycles. The summed E-state index contributed by atoms with van der Waals surface area (Å²) in [5.74, 6) is -0.411. The third-order valence-electron chi connectivity index (χ3n) is 2.31. The second kappa shape index (κ2) is 7.06. The van der Waals surface area contributed by atoms with Gasteiger partial charge in [0.2, 0.25) is 11.8 Å². The largest absolute Gasteiger partial charge is 0.352 e. The number of benzene rings is 1. The van der Waals surface area contributed by atoms with Crippen LogP contribution in [0.4, 0.5) is 5.69 Å². The van der Waals surface area contributed by atoms with Gasteiger partial charge in [0, 0.05) is 12.2 Å². The molecule has 0 aromatic heterocycles. The zero-order valence-corrected chi connectivity index (χ0v) is 10.1. The molecular formula is C14H16N2O2. The highest BCUT2D eigenvalue weighted by molar-refractivity contribution is 5.98. The van der Waals surface area contributed by atoms with Crippen LogP contribution in [0.3, 0.4) is 0 Å². The Morgan fingerprint density at radius 2 is 1.67 bits per heavy atom. The van der Waals surface area contributed by atoms with Crippen LogP contribution in [0.5, 0.6) is 0 Å². The fourth-order valence-corrected chi connectivity index (χ4v) is 1.35. The molecule has 1 aromatic rings. The van der Waals surface area contributed by atoms with E-state index in [1.165, 1.54) is 12.2 Å².